The fourth-order valence-electron chi connectivity index (χ4n) is 2.94. The third-order valence-electron chi connectivity index (χ3n) is 4.04. The van der Waals surface area contributed by atoms with E-state index in [0.717, 1.165) is 6.26 Å². The quantitative estimate of drug-likeness (QED) is 0.862. The lowest BCUT2D eigenvalue weighted by Crippen LogP contribution is -2.36. The van der Waals surface area contributed by atoms with E-state index in [1.165, 1.54) is 0 Å². The molecule has 1 unspecified atom stereocenters. The molecule has 7 heteroatoms. The minimum absolute atomic E-state index is 0.0214. The Morgan fingerprint density at radius 1 is 1.13 bits per heavy atom. The van der Waals surface area contributed by atoms with Gasteiger partial charge >= 0.3 is 0 Å². The zero-order valence-corrected chi connectivity index (χ0v) is 13.2. The maximum absolute atomic E-state index is 12.5. The van der Waals surface area contributed by atoms with Crippen molar-refractivity contribution in [3.05, 3.63) is 51.9 Å². The molecule has 1 heterocycles. The summed E-state index contributed by atoms with van der Waals surface area (Å²) in [6.45, 7) is 0. The molecule has 1 aliphatic rings. The summed E-state index contributed by atoms with van der Waals surface area (Å²) < 4.78 is 23.5. The Kier molecular flexibility index (Phi) is 3.60. The summed E-state index contributed by atoms with van der Waals surface area (Å²) in [6, 6.07) is 8.44. The molecule has 0 saturated carbocycles. The van der Waals surface area contributed by atoms with E-state index in [4.69, 9.17) is 0 Å². The van der Waals surface area contributed by atoms with Crippen LogP contribution in [-0.2, 0) is 16.3 Å². The summed E-state index contributed by atoms with van der Waals surface area (Å²) >= 11 is 0. The van der Waals surface area contributed by atoms with Crippen LogP contribution in [0.2, 0.25) is 0 Å². The van der Waals surface area contributed by atoms with E-state index in [1.807, 2.05) is 0 Å². The molecule has 1 aromatic carbocycles. The zero-order valence-electron chi connectivity index (χ0n) is 12.4. The number of sulfone groups is 1. The number of aromatic hydroxyl groups is 1. The molecule has 1 aromatic heterocycles. The van der Waals surface area contributed by atoms with Crippen LogP contribution in [0.1, 0.15) is 22.5 Å². The Morgan fingerprint density at radius 3 is 2.39 bits per heavy atom. The second-order valence-corrected chi connectivity index (χ2v) is 7.85. The summed E-state index contributed by atoms with van der Waals surface area (Å²) in [5.41, 5.74) is 0.135. The van der Waals surface area contributed by atoms with Crippen molar-refractivity contribution in [3.63, 3.8) is 0 Å². The minimum Gasteiger partial charge on any atom is -0.506 e. The van der Waals surface area contributed by atoms with E-state index in [-0.39, 0.29) is 29.7 Å². The SMILES string of the molecule is CS(=O)(=O)C1CCc2[nH]c(=O)c(-c3ccccc3)c(O)c2C1=O. The molecule has 1 atom stereocenters. The molecule has 1 aliphatic carbocycles. The first kappa shape index (κ1) is 15.5. The predicted molar refractivity (Wildman–Crippen MR) is 85.4 cm³/mol. The van der Waals surface area contributed by atoms with Gasteiger partial charge in [0, 0.05) is 11.9 Å². The Hall–Kier alpha value is -2.41. The number of hydrogen-bond donors (Lipinski definition) is 2. The maximum atomic E-state index is 12.5. The molecular formula is C16H15NO5S. The first-order valence-electron chi connectivity index (χ1n) is 7.07. The second kappa shape index (κ2) is 5.34. The van der Waals surface area contributed by atoms with Crippen molar-refractivity contribution in [2.45, 2.75) is 18.1 Å². The van der Waals surface area contributed by atoms with E-state index in [9.17, 15) is 23.1 Å². The van der Waals surface area contributed by atoms with Gasteiger partial charge in [-0.05, 0) is 18.4 Å². The van der Waals surface area contributed by atoms with Gasteiger partial charge in [-0.2, -0.15) is 0 Å². The number of carbonyl (C=O) groups excluding carboxylic acids is 1. The molecule has 0 saturated heterocycles. The molecular weight excluding hydrogens is 318 g/mol. The van der Waals surface area contributed by atoms with E-state index in [1.54, 1.807) is 30.3 Å². The van der Waals surface area contributed by atoms with Gasteiger partial charge < -0.3 is 10.1 Å². The normalized spacial score (nSPS) is 17.8. The van der Waals surface area contributed by atoms with Crippen LogP contribution in [0.3, 0.4) is 0 Å². The standard InChI is InChI=1S/C16H15NO5S/c1-23(21,22)11-8-7-10-13(14(11)18)15(19)12(16(20)17-10)9-5-3-2-4-6-9/h2-6,11H,7-8H2,1H3,(H2,17,19,20). The van der Waals surface area contributed by atoms with Crippen molar-refractivity contribution in [2.75, 3.05) is 6.26 Å². The number of carbonyl (C=O) groups is 1. The van der Waals surface area contributed by atoms with Crippen molar-refractivity contribution >= 4 is 15.6 Å². The highest BCUT2D eigenvalue weighted by atomic mass is 32.2. The van der Waals surface area contributed by atoms with Gasteiger partial charge in [-0.1, -0.05) is 30.3 Å². The first-order chi connectivity index (χ1) is 10.8. The molecule has 0 fully saturated rings. The number of benzene rings is 1. The number of ketones is 1. The molecule has 0 bridgehead atoms. The lowest BCUT2D eigenvalue weighted by atomic mass is 9.91. The van der Waals surface area contributed by atoms with Crippen LogP contribution >= 0.6 is 0 Å². The maximum Gasteiger partial charge on any atom is 0.259 e. The molecule has 0 spiro atoms. The summed E-state index contributed by atoms with van der Waals surface area (Å²) in [4.78, 5) is 27.4. The lowest BCUT2D eigenvalue weighted by molar-refractivity contribution is 0.0973. The van der Waals surface area contributed by atoms with E-state index < -0.39 is 32.2 Å². The van der Waals surface area contributed by atoms with Crippen LogP contribution in [0.25, 0.3) is 11.1 Å². The molecule has 0 amide bonds. The number of fused-ring (bicyclic) bond motifs is 1. The third kappa shape index (κ3) is 2.57. The zero-order chi connectivity index (χ0) is 16.8. The van der Waals surface area contributed by atoms with E-state index >= 15 is 0 Å². The van der Waals surface area contributed by atoms with Gasteiger partial charge in [0.15, 0.2) is 15.6 Å². The second-order valence-electron chi connectivity index (χ2n) is 5.62. The predicted octanol–water partition coefficient (Wildman–Crippen LogP) is 1.29. The smallest absolute Gasteiger partial charge is 0.259 e. The highest BCUT2D eigenvalue weighted by Crippen LogP contribution is 2.35. The molecule has 120 valence electrons. The van der Waals surface area contributed by atoms with Crippen molar-refractivity contribution in [1.29, 1.82) is 0 Å². The summed E-state index contributed by atoms with van der Waals surface area (Å²) in [5.74, 6) is -1.12. The van der Waals surface area contributed by atoms with Gasteiger partial charge in [0.2, 0.25) is 0 Å². The number of nitrogens with one attached hydrogen (secondary N) is 1. The Balaban J connectivity index is 2.25. The number of pyridine rings is 1. The summed E-state index contributed by atoms with van der Waals surface area (Å²) in [7, 11) is -3.57. The number of aryl methyl sites for hydroxylation is 1. The highest BCUT2D eigenvalue weighted by Gasteiger charge is 2.38. The van der Waals surface area contributed by atoms with Crippen molar-refractivity contribution in [1.82, 2.24) is 4.98 Å². The average molecular weight is 333 g/mol. The molecule has 6 nitrogen and oxygen atoms in total. The number of hydrogen-bond acceptors (Lipinski definition) is 5. The Bertz CT molecular complexity index is 944. The molecule has 2 aromatic rings. The van der Waals surface area contributed by atoms with Gasteiger partial charge in [-0.3, -0.25) is 9.59 Å². The third-order valence-corrected chi connectivity index (χ3v) is 5.52. The van der Waals surface area contributed by atoms with Crippen LogP contribution in [0.5, 0.6) is 5.75 Å². The lowest BCUT2D eigenvalue weighted by Gasteiger charge is -2.23. The van der Waals surface area contributed by atoms with Crippen molar-refractivity contribution < 1.29 is 18.3 Å². The molecule has 23 heavy (non-hydrogen) atoms. The summed E-state index contributed by atoms with van der Waals surface area (Å²) in [6.07, 6.45) is 1.32. The van der Waals surface area contributed by atoms with Crippen LogP contribution in [0.4, 0.5) is 0 Å². The largest absolute Gasteiger partial charge is 0.506 e. The number of Topliss-reactive ketones (excluding diaryl/α,β-unsaturated/α-hetero) is 1. The fraction of sp³-hybridized carbons (Fsp3) is 0.250. The average Bonchev–Trinajstić information content (AvgIpc) is 2.46. The number of H-pyrrole nitrogens is 1. The van der Waals surface area contributed by atoms with Crippen LogP contribution in [0.15, 0.2) is 35.1 Å². The number of aromatic amines is 1. The van der Waals surface area contributed by atoms with Crippen LogP contribution in [-0.4, -0.2) is 35.8 Å². The molecule has 2 N–H and O–H groups in total. The monoisotopic (exact) mass is 333 g/mol. The minimum atomic E-state index is -3.57. The van der Waals surface area contributed by atoms with Crippen molar-refractivity contribution in [3.8, 4) is 16.9 Å². The highest BCUT2D eigenvalue weighted by molar-refractivity contribution is 7.92. The molecule has 0 radical (unpaired) electrons. The van der Waals surface area contributed by atoms with Crippen LogP contribution in [0, 0.1) is 0 Å². The molecule has 3 rings (SSSR count). The Labute approximate surface area is 132 Å². The number of aromatic nitrogens is 1. The van der Waals surface area contributed by atoms with Gasteiger partial charge in [-0.25, -0.2) is 8.42 Å². The van der Waals surface area contributed by atoms with Gasteiger partial charge in [-0.15, -0.1) is 0 Å². The van der Waals surface area contributed by atoms with E-state index in [2.05, 4.69) is 4.98 Å². The first-order valence-corrected chi connectivity index (χ1v) is 9.02. The van der Waals surface area contributed by atoms with Gasteiger partial charge in [0.25, 0.3) is 5.56 Å². The van der Waals surface area contributed by atoms with Crippen molar-refractivity contribution in [2.24, 2.45) is 0 Å². The van der Waals surface area contributed by atoms with Gasteiger partial charge in [0.05, 0.1) is 11.1 Å². The van der Waals surface area contributed by atoms with Crippen LogP contribution < -0.4 is 5.56 Å². The fourth-order valence-corrected chi connectivity index (χ4v) is 3.99. The Morgan fingerprint density at radius 2 is 1.78 bits per heavy atom. The van der Waals surface area contributed by atoms with E-state index in [0.29, 0.717) is 5.56 Å². The number of rotatable bonds is 2. The summed E-state index contributed by atoms with van der Waals surface area (Å²) in [5, 5.41) is 9.30. The van der Waals surface area contributed by atoms with Gasteiger partial charge in [0.1, 0.15) is 11.0 Å². The topological polar surface area (TPSA) is 104 Å². The molecule has 0 aliphatic heterocycles.